The van der Waals surface area contributed by atoms with Crippen molar-refractivity contribution in [3.63, 3.8) is 0 Å². The molecule has 1 heterocycles. The van der Waals surface area contributed by atoms with Gasteiger partial charge in [0, 0.05) is 12.2 Å². The molecule has 98 valence electrons. The molecule has 3 heteroatoms. The minimum absolute atomic E-state index is 0.794. The molecule has 0 aliphatic rings. The van der Waals surface area contributed by atoms with E-state index in [-0.39, 0.29) is 0 Å². The van der Waals surface area contributed by atoms with E-state index in [2.05, 4.69) is 42.3 Å². The number of anilines is 1. The smallest absolute Gasteiger partial charge is 0.0813 e. The first-order valence-corrected chi connectivity index (χ1v) is 7.78. The molecule has 0 aliphatic heterocycles. The molecule has 1 unspecified atom stereocenters. The highest BCUT2D eigenvalue weighted by Gasteiger charge is 2.06. The Labute approximate surface area is 113 Å². The fourth-order valence-corrected chi connectivity index (χ4v) is 2.89. The SMILES string of the molecule is CCCCC(CC)CNc1ccc2ncsc2c1. The molecule has 1 aromatic heterocycles. The second kappa shape index (κ2) is 6.74. The van der Waals surface area contributed by atoms with Crippen LogP contribution in [-0.2, 0) is 0 Å². The van der Waals surface area contributed by atoms with Gasteiger partial charge in [0.25, 0.3) is 0 Å². The molecular formula is C15H22N2S. The summed E-state index contributed by atoms with van der Waals surface area (Å²) in [6, 6.07) is 6.44. The third kappa shape index (κ3) is 3.45. The Bertz CT molecular complexity index is 478. The van der Waals surface area contributed by atoms with Gasteiger partial charge in [-0.1, -0.05) is 33.1 Å². The molecule has 0 radical (unpaired) electrons. The van der Waals surface area contributed by atoms with Gasteiger partial charge in [-0.3, -0.25) is 0 Å². The first-order valence-electron chi connectivity index (χ1n) is 6.90. The molecule has 1 aromatic carbocycles. The van der Waals surface area contributed by atoms with Crippen molar-refractivity contribution in [3.8, 4) is 0 Å². The van der Waals surface area contributed by atoms with Gasteiger partial charge in [-0.25, -0.2) is 4.98 Å². The summed E-state index contributed by atoms with van der Waals surface area (Å²) in [4.78, 5) is 4.30. The summed E-state index contributed by atoms with van der Waals surface area (Å²) in [6.07, 6.45) is 5.23. The number of hydrogen-bond donors (Lipinski definition) is 1. The van der Waals surface area contributed by atoms with E-state index in [1.807, 2.05) is 5.51 Å². The van der Waals surface area contributed by atoms with E-state index >= 15 is 0 Å². The lowest BCUT2D eigenvalue weighted by molar-refractivity contribution is 0.473. The van der Waals surface area contributed by atoms with Crippen molar-refractivity contribution >= 4 is 27.2 Å². The summed E-state index contributed by atoms with van der Waals surface area (Å²) >= 11 is 1.70. The standard InChI is InChI=1S/C15H22N2S/c1-3-5-6-12(4-2)10-16-13-7-8-14-15(9-13)18-11-17-14/h7-9,11-12,16H,3-6,10H2,1-2H3. The van der Waals surface area contributed by atoms with Crippen LogP contribution in [-0.4, -0.2) is 11.5 Å². The van der Waals surface area contributed by atoms with Crippen LogP contribution in [0.15, 0.2) is 23.7 Å². The van der Waals surface area contributed by atoms with Crippen molar-refractivity contribution in [1.82, 2.24) is 4.98 Å². The Kier molecular flexibility index (Phi) is 5.00. The number of unbranched alkanes of at least 4 members (excludes halogenated alkanes) is 1. The summed E-state index contributed by atoms with van der Waals surface area (Å²) in [5.41, 5.74) is 4.23. The third-order valence-corrected chi connectivity index (χ3v) is 4.26. The van der Waals surface area contributed by atoms with Crippen LogP contribution in [0.5, 0.6) is 0 Å². The number of fused-ring (bicyclic) bond motifs is 1. The molecule has 0 bridgehead atoms. The van der Waals surface area contributed by atoms with E-state index in [1.165, 1.54) is 36.1 Å². The quantitative estimate of drug-likeness (QED) is 0.765. The van der Waals surface area contributed by atoms with Gasteiger partial charge in [0.1, 0.15) is 0 Å². The van der Waals surface area contributed by atoms with Crippen molar-refractivity contribution in [2.45, 2.75) is 39.5 Å². The predicted octanol–water partition coefficient (Wildman–Crippen LogP) is 4.92. The Morgan fingerprint density at radius 2 is 2.22 bits per heavy atom. The minimum atomic E-state index is 0.794. The van der Waals surface area contributed by atoms with E-state index in [0.29, 0.717) is 0 Å². The summed E-state index contributed by atoms with van der Waals surface area (Å²) < 4.78 is 1.27. The van der Waals surface area contributed by atoms with E-state index < -0.39 is 0 Å². The van der Waals surface area contributed by atoms with E-state index in [9.17, 15) is 0 Å². The zero-order chi connectivity index (χ0) is 12.8. The first-order chi connectivity index (χ1) is 8.83. The molecule has 0 saturated heterocycles. The summed E-state index contributed by atoms with van der Waals surface area (Å²) in [5.74, 6) is 0.794. The van der Waals surface area contributed by atoms with Gasteiger partial charge in [-0.2, -0.15) is 0 Å². The molecule has 0 fully saturated rings. The molecule has 18 heavy (non-hydrogen) atoms. The van der Waals surface area contributed by atoms with Gasteiger partial charge in [0.2, 0.25) is 0 Å². The number of rotatable bonds is 7. The molecule has 1 atom stereocenters. The zero-order valence-corrected chi connectivity index (χ0v) is 12.1. The van der Waals surface area contributed by atoms with Crippen LogP contribution in [0, 0.1) is 5.92 Å². The fraction of sp³-hybridized carbons (Fsp3) is 0.533. The van der Waals surface area contributed by atoms with Crippen LogP contribution in [0.1, 0.15) is 39.5 Å². The van der Waals surface area contributed by atoms with Crippen LogP contribution in [0.25, 0.3) is 10.2 Å². The maximum absolute atomic E-state index is 4.30. The summed E-state index contributed by atoms with van der Waals surface area (Å²) in [7, 11) is 0. The highest BCUT2D eigenvalue weighted by molar-refractivity contribution is 7.16. The lowest BCUT2D eigenvalue weighted by Gasteiger charge is -2.16. The molecule has 0 saturated carbocycles. The third-order valence-electron chi connectivity index (χ3n) is 3.47. The van der Waals surface area contributed by atoms with Crippen molar-refractivity contribution in [3.05, 3.63) is 23.7 Å². The summed E-state index contributed by atoms with van der Waals surface area (Å²) in [5, 5.41) is 3.57. The van der Waals surface area contributed by atoms with Crippen molar-refractivity contribution in [1.29, 1.82) is 0 Å². The van der Waals surface area contributed by atoms with Crippen LogP contribution in [0.3, 0.4) is 0 Å². The minimum Gasteiger partial charge on any atom is -0.385 e. The average Bonchev–Trinajstić information content (AvgIpc) is 2.86. The average molecular weight is 262 g/mol. The van der Waals surface area contributed by atoms with Crippen LogP contribution in [0.4, 0.5) is 5.69 Å². The fourth-order valence-electron chi connectivity index (χ4n) is 2.17. The Morgan fingerprint density at radius 3 is 3.00 bits per heavy atom. The molecule has 2 aromatic rings. The number of nitrogens with zero attached hydrogens (tertiary/aromatic N) is 1. The van der Waals surface area contributed by atoms with Crippen LogP contribution in [0.2, 0.25) is 0 Å². The molecule has 0 spiro atoms. The lowest BCUT2D eigenvalue weighted by atomic mass is 9.99. The first kappa shape index (κ1) is 13.3. The zero-order valence-electron chi connectivity index (χ0n) is 11.3. The monoisotopic (exact) mass is 262 g/mol. The Balaban J connectivity index is 1.91. The molecular weight excluding hydrogens is 240 g/mol. The molecule has 1 N–H and O–H groups in total. The van der Waals surface area contributed by atoms with Gasteiger partial charge in [-0.15, -0.1) is 11.3 Å². The number of hydrogen-bond acceptors (Lipinski definition) is 3. The largest absolute Gasteiger partial charge is 0.385 e. The van der Waals surface area contributed by atoms with Gasteiger partial charge in [0.05, 0.1) is 15.7 Å². The summed E-state index contributed by atoms with van der Waals surface area (Å²) in [6.45, 7) is 5.63. The highest BCUT2D eigenvalue weighted by Crippen LogP contribution is 2.22. The topological polar surface area (TPSA) is 24.9 Å². The lowest BCUT2D eigenvalue weighted by Crippen LogP contribution is -2.13. The maximum Gasteiger partial charge on any atom is 0.0813 e. The van der Waals surface area contributed by atoms with Gasteiger partial charge >= 0.3 is 0 Å². The van der Waals surface area contributed by atoms with Crippen molar-refractivity contribution in [2.75, 3.05) is 11.9 Å². The number of benzene rings is 1. The van der Waals surface area contributed by atoms with Crippen LogP contribution < -0.4 is 5.32 Å². The second-order valence-corrected chi connectivity index (χ2v) is 5.72. The Morgan fingerprint density at radius 1 is 1.33 bits per heavy atom. The second-order valence-electron chi connectivity index (χ2n) is 4.83. The van der Waals surface area contributed by atoms with Gasteiger partial charge in [0.15, 0.2) is 0 Å². The van der Waals surface area contributed by atoms with E-state index in [4.69, 9.17) is 0 Å². The Hall–Kier alpha value is -1.09. The van der Waals surface area contributed by atoms with Gasteiger partial charge in [-0.05, 0) is 30.5 Å². The molecule has 2 nitrogen and oxygen atoms in total. The predicted molar refractivity (Wildman–Crippen MR) is 81.4 cm³/mol. The number of thiazole rings is 1. The van der Waals surface area contributed by atoms with E-state index in [0.717, 1.165) is 18.0 Å². The van der Waals surface area contributed by atoms with E-state index in [1.54, 1.807) is 11.3 Å². The number of aromatic nitrogens is 1. The normalized spacial score (nSPS) is 12.8. The molecule has 2 rings (SSSR count). The van der Waals surface area contributed by atoms with Gasteiger partial charge < -0.3 is 5.32 Å². The molecule has 0 amide bonds. The maximum atomic E-state index is 4.30. The van der Waals surface area contributed by atoms with Crippen molar-refractivity contribution in [2.24, 2.45) is 5.92 Å². The van der Waals surface area contributed by atoms with Crippen LogP contribution >= 0.6 is 11.3 Å². The number of nitrogens with one attached hydrogen (secondary N) is 1. The highest BCUT2D eigenvalue weighted by atomic mass is 32.1. The van der Waals surface area contributed by atoms with Crippen molar-refractivity contribution < 1.29 is 0 Å². The molecule has 0 aliphatic carbocycles.